The van der Waals surface area contributed by atoms with Crippen LogP contribution in [0.1, 0.15) is 21.7 Å². The molecule has 0 aliphatic heterocycles. The van der Waals surface area contributed by atoms with Crippen molar-refractivity contribution in [3.8, 4) is 5.75 Å². The lowest BCUT2D eigenvalue weighted by molar-refractivity contribution is -0.136. The van der Waals surface area contributed by atoms with Crippen molar-refractivity contribution in [2.75, 3.05) is 5.73 Å². The van der Waals surface area contributed by atoms with Gasteiger partial charge in [0.15, 0.2) is 0 Å². The Morgan fingerprint density at radius 1 is 1.29 bits per heavy atom. The summed E-state index contributed by atoms with van der Waals surface area (Å²) in [6.07, 6.45) is -2.10. The third-order valence-corrected chi connectivity index (χ3v) is 3.68. The average Bonchev–Trinajstić information content (AvgIpc) is 3.11. The molecular formula is C16H12F5N5O2. The minimum absolute atomic E-state index is 0.0335. The van der Waals surface area contributed by atoms with Gasteiger partial charge in [0.1, 0.15) is 11.4 Å². The number of nitrogens with zero attached hydrogens (tertiary/aromatic N) is 2. The van der Waals surface area contributed by atoms with Crippen molar-refractivity contribution in [1.82, 2.24) is 20.3 Å². The number of carbonyl (C=O) groups is 1. The summed E-state index contributed by atoms with van der Waals surface area (Å²) in [4.78, 5) is 22.5. The smallest absolute Gasteiger partial charge is 0.418 e. The number of carbonyl (C=O) groups excluding carboxylic acids is 1. The van der Waals surface area contributed by atoms with E-state index in [0.717, 1.165) is 12.1 Å². The summed E-state index contributed by atoms with van der Waals surface area (Å²) in [6.45, 7) is -3.29. The number of nitrogens with one attached hydrogen (secondary N) is 2. The van der Waals surface area contributed by atoms with Crippen molar-refractivity contribution in [3.63, 3.8) is 0 Å². The van der Waals surface area contributed by atoms with Crippen LogP contribution in [0.3, 0.4) is 0 Å². The number of hydrogen-bond donors (Lipinski definition) is 3. The second kappa shape index (κ2) is 7.29. The maximum atomic E-state index is 13.4. The molecule has 0 saturated carbocycles. The lowest BCUT2D eigenvalue weighted by atomic mass is 10.1. The molecule has 1 amide bonds. The number of amides is 1. The van der Waals surface area contributed by atoms with E-state index >= 15 is 0 Å². The number of hydrogen-bond acceptors (Lipinski definition) is 5. The quantitative estimate of drug-likeness (QED) is 0.570. The summed E-state index contributed by atoms with van der Waals surface area (Å²) >= 11 is 0. The molecule has 0 aliphatic rings. The van der Waals surface area contributed by atoms with Crippen LogP contribution >= 0.6 is 0 Å². The number of rotatable bonds is 5. The highest BCUT2D eigenvalue weighted by Gasteiger charge is 2.35. The molecule has 0 atom stereocenters. The van der Waals surface area contributed by atoms with E-state index in [1.54, 1.807) is 0 Å². The standard InChI is InChI=1S/C16H12F5N5O2/c17-15(18)28-8-1-9-11(22)3-12(14(27)24-5-7-4-23-6-25-7)26-13(9)10(2-8)16(19,20)21/h1-4,6,15H,5H2,(H2,22,26)(H,23,25)(H,24,27). The average molecular weight is 401 g/mol. The van der Waals surface area contributed by atoms with Crippen molar-refractivity contribution in [2.45, 2.75) is 19.3 Å². The lowest BCUT2D eigenvalue weighted by Gasteiger charge is -2.15. The molecule has 3 aromatic rings. The molecular weight excluding hydrogens is 389 g/mol. The van der Waals surface area contributed by atoms with E-state index in [0.29, 0.717) is 11.8 Å². The van der Waals surface area contributed by atoms with Crippen LogP contribution in [0.15, 0.2) is 30.7 Å². The number of H-pyrrole nitrogens is 1. The maximum absolute atomic E-state index is 13.4. The number of nitrogens with two attached hydrogens (primary N) is 1. The number of ether oxygens (including phenoxy) is 1. The molecule has 0 saturated heterocycles. The second-order valence-electron chi connectivity index (χ2n) is 5.60. The summed E-state index contributed by atoms with van der Waals surface area (Å²) in [5.41, 5.74) is 3.70. The number of aromatic nitrogens is 3. The molecule has 148 valence electrons. The van der Waals surface area contributed by atoms with Crippen LogP contribution in [0.4, 0.5) is 27.6 Å². The monoisotopic (exact) mass is 401 g/mol. The normalized spacial score (nSPS) is 11.8. The van der Waals surface area contributed by atoms with Crippen LogP contribution in [-0.2, 0) is 12.7 Å². The topological polar surface area (TPSA) is 106 Å². The number of anilines is 1. The number of pyridine rings is 1. The Morgan fingerprint density at radius 2 is 2.04 bits per heavy atom. The molecule has 2 heterocycles. The summed E-state index contributed by atoms with van der Waals surface area (Å²) < 4.78 is 69.1. The zero-order valence-electron chi connectivity index (χ0n) is 13.8. The largest absolute Gasteiger partial charge is 0.435 e. The van der Waals surface area contributed by atoms with Gasteiger partial charge in [-0.25, -0.2) is 9.97 Å². The Morgan fingerprint density at radius 3 is 2.64 bits per heavy atom. The molecule has 12 heteroatoms. The number of benzene rings is 1. The molecule has 0 aliphatic carbocycles. The van der Waals surface area contributed by atoms with E-state index in [1.807, 2.05) is 0 Å². The van der Waals surface area contributed by atoms with E-state index < -0.39 is 35.5 Å². The van der Waals surface area contributed by atoms with Gasteiger partial charge in [-0.15, -0.1) is 0 Å². The summed E-state index contributed by atoms with van der Waals surface area (Å²) in [5.74, 6) is -1.50. The van der Waals surface area contributed by atoms with Crippen molar-refractivity contribution >= 4 is 22.5 Å². The highest BCUT2D eigenvalue weighted by atomic mass is 19.4. The Labute approximate surface area is 153 Å². The van der Waals surface area contributed by atoms with E-state index in [2.05, 4.69) is 25.0 Å². The number of nitrogen functional groups attached to an aromatic ring is 1. The van der Waals surface area contributed by atoms with Crippen molar-refractivity contribution < 1.29 is 31.5 Å². The van der Waals surface area contributed by atoms with Crippen LogP contribution in [0.2, 0.25) is 0 Å². The molecule has 0 unspecified atom stereocenters. The van der Waals surface area contributed by atoms with Crippen molar-refractivity contribution in [3.05, 3.63) is 47.7 Å². The number of aromatic amines is 1. The van der Waals surface area contributed by atoms with Crippen molar-refractivity contribution in [2.24, 2.45) is 0 Å². The highest BCUT2D eigenvalue weighted by molar-refractivity contribution is 6.00. The Kier molecular flexibility index (Phi) is 5.03. The van der Waals surface area contributed by atoms with Crippen molar-refractivity contribution in [1.29, 1.82) is 0 Å². The van der Waals surface area contributed by atoms with Gasteiger partial charge in [0, 0.05) is 17.3 Å². The van der Waals surface area contributed by atoms with Gasteiger partial charge in [-0.05, 0) is 18.2 Å². The molecule has 0 fully saturated rings. The van der Waals surface area contributed by atoms with Crippen LogP contribution < -0.4 is 15.8 Å². The van der Waals surface area contributed by atoms with Gasteiger partial charge >= 0.3 is 12.8 Å². The van der Waals surface area contributed by atoms with E-state index in [9.17, 15) is 26.7 Å². The molecule has 0 bridgehead atoms. The van der Waals surface area contributed by atoms with Crippen LogP contribution in [-0.4, -0.2) is 27.5 Å². The number of imidazole rings is 1. The van der Waals surface area contributed by atoms with Gasteiger partial charge in [-0.1, -0.05) is 0 Å². The van der Waals surface area contributed by atoms with E-state index in [-0.39, 0.29) is 23.3 Å². The third-order valence-electron chi connectivity index (χ3n) is 3.68. The first-order valence-electron chi connectivity index (χ1n) is 7.67. The third kappa shape index (κ3) is 4.10. The number of alkyl halides is 5. The predicted octanol–water partition coefficient (Wildman–Crippen LogP) is 3.09. The van der Waals surface area contributed by atoms with E-state index in [4.69, 9.17) is 5.73 Å². The maximum Gasteiger partial charge on any atom is 0.418 e. The number of halogens is 5. The first-order valence-corrected chi connectivity index (χ1v) is 7.67. The summed E-state index contributed by atoms with van der Waals surface area (Å²) in [7, 11) is 0. The molecule has 1 aromatic carbocycles. The molecule has 7 nitrogen and oxygen atoms in total. The van der Waals surface area contributed by atoms with Gasteiger partial charge < -0.3 is 20.8 Å². The van der Waals surface area contributed by atoms with Gasteiger partial charge in [-0.2, -0.15) is 22.0 Å². The van der Waals surface area contributed by atoms with E-state index in [1.165, 1.54) is 12.5 Å². The van der Waals surface area contributed by atoms with Gasteiger partial charge in [0.05, 0.1) is 29.6 Å². The fraction of sp³-hybridized carbons (Fsp3) is 0.188. The fourth-order valence-electron chi connectivity index (χ4n) is 2.48. The molecule has 2 aromatic heterocycles. The minimum atomic E-state index is -4.94. The SMILES string of the molecule is Nc1cc(C(=O)NCc2cnc[nH]2)nc2c(C(F)(F)F)cc(OC(F)F)cc12. The lowest BCUT2D eigenvalue weighted by Crippen LogP contribution is -2.24. The number of fused-ring (bicyclic) bond motifs is 1. The zero-order chi connectivity index (χ0) is 20.5. The molecule has 0 spiro atoms. The van der Waals surface area contributed by atoms with Gasteiger partial charge in [-0.3, -0.25) is 4.79 Å². The fourth-order valence-corrected chi connectivity index (χ4v) is 2.48. The minimum Gasteiger partial charge on any atom is -0.435 e. The summed E-state index contributed by atoms with van der Waals surface area (Å²) in [6, 6.07) is 2.34. The van der Waals surface area contributed by atoms with Gasteiger partial charge in [0.25, 0.3) is 5.91 Å². The first-order chi connectivity index (χ1) is 13.1. The van der Waals surface area contributed by atoms with Crippen LogP contribution in [0.5, 0.6) is 5.75 Å². The first kappa shape index (κ1) is 19.3. The van der Waals surface area contributed by atoms with Gasteiger partial charge in [0.2, 0.25) is 0 Å². The summed E-state index contributed by atoms with van der Waals surface area (Å²) in [5, 5.41) is 2.19. The second-order valence-corrected chi connectivity index (χ2v) is 5.60. The predicted molar refractivity (Wildman–Crippen MR) is 87.5 cm³/mol. The van der Waals surface area contributed by atoms with Crippen LogP contribution in [0.25, 0.3) is 10.9 Å². The highest BCUT2D eigenvalue weighted by Crippen LogP contribution is 2.39. The Bertz CT molecular complexity index is 1000. The zero-order valence-corrected chi connectivity index (χ0v) is 13.8. The Balaban J connectivity index is 2.04. The molecule has 3 rings (SSSR count). The molecule has 4 N–H and O–H groups in total. The Hall–Kier alpha value is -3.44. The van der Waals surface area contributed by atoms with Crippen LogP contribution in [0, 0.1) is 0 Å². The molecule has 28 heavy (non-hydrogen) atoms. The molecule has 0 radical (unpaired) electrons.